The van der Waals surface area contributed by atoms with Gasteiger partial charge in [0.15, 0.2) is 0 Å². The van der Waals surface area contributed by atoms with E-state index in [9.17, 15) is 0 Å². The maximum Gasteiger partial charge on any atom is 0.220 e. The molecule has 2 rings (SSSR count). The predicted molar refractivity (Wildman–Crippen MR) is 68.5 cm³/mol. The third-order valence-electron chi connectivity index (χ3n) is 1.80. The van der Waals surface area contributed by atoms with Crippen LogP contribution in [0.25, 0.3) is 0 Å². The van der Waals surface area contributed by atoms with Crippen LogP contribution in [0.15, 0.2) is 40.9 Å². The van der Waals surface area contributed by atoms with Crippen LogP contribution < -0.4 is 4.74 Å². The lowest BCUT2D eigenvalue weighted by molar-refractivity contribution is 0.463. The number of halogens is 3. The molecular weight excluding hydrogens is 313 g/mol. The molecule has 0 bridgehead atoms. The van der Waals surface area contributed by atoms with E-state index in [0.717, 1.165) is 4.47 Å². The second-order valence-electron chi connectivity index (χ2n) is 2.98. The van der Waals surface area contributed by atoms with Gasteiger partial charge in [0.2, 0.25) is 5.88 Å². The molecule has 0 fully saturated rings. The highest BCUT2D eigenvalue weighted by Crippen LogP contribution is 2.31. The molecule has 0 unspecified atom stereocenters. The van der Waals surface area contributed by atoms with Crippen molar-refractivity contribution >= 4 is 39.1 Å². The van der Waals surface area contributed by atoms with Gasteiger partial charge in [-0.15, -0.1) is 0 Å². The number of aromatic nitrogens is 1. The third-order valence-corrected chi connectivity index (χ3v) is 2.81. The van der Waals surface area contributed by atoms with Gasteiger partial charge in [-0.05, 0) is 24.3 Å². The van der Waals surface area contributed by atoms with E-state index in [2.05, 4.69) is 20.9 Å². The fourth-order valence-electron chi connectivity index (χ4n) is 1.11. The Morgan fingerprint density at radius 1 is 1.12 bits per heavy atom. The van der Waals surface area contributed by atoms with E-state index < -0.39 is 0 Å². The molecule has 1 heterocycles. The highest BCUT2D eigenvalue weighted by Gasteiger charge is 2.05. The monoisotopic (exact) mass is 317 g/mol. The summed E-state index contributed by atoms with van der Waals surface area (Å²) in [6, 6.07) is 10.5. The normalized spacial score (nSPS) is 10.2. The Labute approximate surface area is 111 Å². The molecule has 0 aliphatic heterocycles. The van der Waals surface area contributed by atoms with Crippen LogP contribution in [-0.2, 0) is 0 Å². The van der Waals surface area contributed by atoms with Crippen molar-refractivity contribution in [2.75, 3.05) is 0 Å². The van der Waals surface area contributed by atoms with Crippen LogP contribution >= 0.6 is 39.1 Å². The molecule has 2 nitrogen and oxygen atoms in total. The summed E-state index contributed by atoms with van der Waals surface area (Å²) in [5, 5.41) is 0.897. The van der Waals surface area contributed by atoms with E-state index in [1.54, 1.807) is 30.3 Å². The van der Waals surface area contributed by atoms with Gasteiger partial charge in [0.1, 0.15) is 10.9 Å². The first-order valence-corrected chi connectivity index (χ1v) is 5.95. The van der Waals surface area contributed by atoms with Crippen LogP contribution in [-0.4, -0.2) is 4.98 Å². The number of benzene rings is 1. The largest absolute Gasteiger partial charge is 0.437 e. The topological polar surface area (TPSA) is 22.1 Å². The number of pyridine rings is 1. The van der Waals surface area contributed by atoms with E-state index in [1.807, 2.05) is 6.07 Å². The maximum absolute atomic E-state index is 5.98. The summed E-state index contributed by atoms with van der Waals surface area (Å²) in [4.78, 5) is 4.01. The minimum Gasteiger partial charge on any atom is -0.437 e. The molecule has 0 aliphatic rings. The standard InChI is InChI=1S/C11H6BrCl2NO/c12-7-4-5-8(13)9(6-7)16-11-3-1-2-10(14)15-11/h1-6H. The predicted octanol–water partition coefficient (Wildman–Crippen LogP) is 4.94. The Balaban J connectivity index is 2.30. The van der Waals surface area contributed by atoms with Crippen molar-refractivity contribution in [1.29, 1.82) is 0 Å². The van der Waals surface area contributed by atoms with Crippen LogP contribution in [0, 0.1) is 0 Å². The molecule has 0 atom stereocenters. The van der Waals surface area contributed by atoms with Gasteiger partial charge in [0.05, 0.1) is 5.02 Å². The van der Waals surface area contributed by atoms with Crippen LogP contribution in [0.3, 0.4) is 0 Å². The minimum absolute atomic E-state index is 0.378. The molecule has 0 N–H and O–H groups in total. The summed E-state index contributed by atoms with van der Waals surface area (Å²) in [6.07, 6.45) is 0. The molecule has 0 saturated heterocycles. The van der Waals surface area contributed by atoms with Crippen LogP contribution in [0.2, 0.25) is 10.2 Å². The quantitative estimate of drug-likeness (QED) is 0.731. The summed E-state index contributed by atoms with van der Waals surface area (Å²) in [7, 11) is 0. The smallest absolute Gasteiger partial charge is 0.220 e. The number of rotatable bonds is 2. The molecule has 1 aromatic carbocycles. The lowest BCUT2D eigenvalue weighted by atomic mass is 10.3. The average Bonchev–Trinajstić information content (AvgIpc) is 2.24. The molecule has 2 aromatic rings. The Bertz CT molecular complexity index is 519. The Hall–Kier alpha value is -0.770. The molecule has 5 heteroatoms. The fraction of sp³-hybridized carbons (Fsp3) is 0. The van der Waals surface area contributed by atoms with Crippen molar-refractivity contribution in [2.45, 2.75) is 0 Å². The van der Waals surface area contributed by atoms with Crippen molar-refractivity contribution in [3.63, 3.8) is 0 Å². The fourth-order valence-corrected chi connectivity index (χ4v) is 1.77. The Kier molecular flexibility index (Phi) is 3.69. The van der Waals surface area contributed by atoms with E-state index >= 15 is 0 Å². The van der Waals surface area contributed by atoms with Gasteiger partial charge in [-0.2, -0.15) is 0 Å². The van der Waals surface area contributed by atoms with Crippen molar-refractivity contribution in [3.05, 3.63) is 51.0 Å². The molecule has 82 valence electrons. The van der Waals surface area contributed by atoms with Gasteiger partial charge in [0, 0.05) is 10.5 Å². The van der Waals surface area contributed by atoms with Gasteiger partial charge in [-0.1, -0.05) is 45.2 Å². The number of ether oxygens (including phenoxy) is 1. The first kappa shape index (κ1) is 11.7. The molecule has 1 aromatic heterocycles. The van der Waals surface area contributed by atoms with Gasteiger partial charge in [-0.25, -0.2) is 4.98 Å². The summed E-state index contributed by atoms with van der Waals surface area (Å²) in [5.41, 5.74) is 0. The summed E-state index contributed by atoms with van der Waals surface area (Å²) < 4.78 is 6.40. The van der Waals surface area contributed by atoms with Crippen molar-refractivity contribution in [3.8, 4) is 11.6 Å². The molecule has 0 radical (unpaired) electrons. The zero-order chi connectivity index (χ0) is 11.5. The zero-order valence-corrected chi connectivity index (χ0v) is 11.1. The van der Waals surface area contributed by atoms with Crippen molar-refractivity contribution in [1.82, 2.24) is 4.98 Å². The lowest BCUT2D eigenvalue weighted by Crippen LogP contribution is -1.88. The SMILES string of the molecule is Clc1cccc(Oc2cc(Br)ccc2Cl)n1. The molecule has 0 amide bonds. The van der Waals surface area contributed by atoms with Gasteiger partial charge in [0.25, 0.3) is 0 Å². The molecule has 0 saturated carbocycles. The maximum atomic E-state index is 5.98. The summed E-state index contributed by atoms with van der Waals surface area (Å²) >= 11 is 15.1. The number of hydrogen-bond acceptors (Lipinski definition) is 2. The third kappa shape index (κ3) is 2.88. The minimum atomic E-state index is 0.378. The van der Waals surface area contributed by atoms with Crippen molar-refractivity contribution in [2.24, 2.45) is 0 Å². The zero-order valence-electron chi connectivity index (χ0n) is 7.95. The first-order chi connectivity index (χ1) is 7.65. The molecule has 0 aliphatic carbocycles. The van der Waals surface area contributed by atoms with Gasteiger partial charge in [-0.3, -0.25) is 0 Å². The molecule has 0 spiro atoms. The van der Waals surface area contributed by atoms with Crippen LogP contribution in [0.4, 0.5) is 0 Å². The molecule has 16 heavy (non-hydrogen) atoms. The van der Waals surface area contributed by atoms with E-state index in [4.69, 9.17) is 27.9 Å². The van der Waals surface area contributed by atoms with Crippen molar-refractivity contribution < 1.29 is 4.74 Å². The molecular formula is C11H6BrCl2NO. The highest BCUT2D eigenvalue weighted by molar-refractivity contribution is 9.10. The Morgan fingerprint density at radius 2 is 1.94 bits per heavy atom. The lowest BCUT2D eigenvalue weighted by Gasteiger charge is -2.06. The summed E-state index contributed by atoms with van der Waals surface area (Å²) in [6.45, 7) is 0. The Morgan fingerprint density at radius 3 is 2.69 bits per heavy atom. The number of nitrogens with zero attached hydrogens (tertiary/aromatic N) is 1. The van der Waals surface area contributed by atoms with Crippen LogP contribution in [0.1, 0.15) is 0 Å². The average molecular weight is 319 g/mol. The van der Waals surface area contributed by atoms with Crippen LogP contribution in [0.5, 0.6) is 11.6 Å². The van der Waals surface area contributed by atoms with Gasteiger partial charge < -0.3 is 4.74 Å². The van der Waals surface area contributed by atoms with E-state index in [-0.39, 0.29) is 0 Å². The highest BCUT2D eigenvalue weighted by atomic mass is 79.9. The van der Waals surface area contributed by atoms with Gasteiger partial charge >= 0.3 is 0 Å². The first-order valence-electron chi connectivity index (χ1n) is 4.40. The second kappa shape index (κ2) is 5.04. The summed E-state index contributed by atoms with van der Waals surface area (Å²) in [5.74, 6) is 0.943. The number of hydrogen-bond donors (Lipinski definition) is 0. The van der Waals surface area contributed by atoms with E-state index in [0.29, 0.717) is 21.8 Å². The van der Waals surface area contributed by atoms with E-state index in [1.165, 1.54) is 0 Å². The second-order valence-corrected chi connectivity index (χ2v) is 4.69.